The summed E-state index contributed by atoms with van der Waals surface area (Å²) >= 11 is 0. The molecule has 0 aliphatic carbocycles. The van der Waals surface area contributed by atoms with Gasteiger partial charge >= 0.3 is 12.0 Å². The fourth-order valence-corrected chi connectivity index (χ4v) is 1.61. The summed E-state index contributed by atoms with van der Waals surface area (Å²) in [4.78, 5) is 24.4. The summed E-state index contributed by atoms with van der Waals surface area (Å²) in [5, 5.41) is 14.0. The van der Waals surface area contributed by atoms with Crippen molar-refractivity contribution in [2.24, 2.45) is 0 Å². The third kappa shape index (κ3) is 3.37. The molecule has 0 bridgehead atoms. The first kappa shape index (κ1) is 12.8. The molecule has 6 heteroatoms. The number of amides is 2. The van der Waals surface area contributed by atoms with Gasteiger partial charge in [0.25, 0.3) is 0 Å². The molecule has 0 aromatic carbocycles. The Bertz CT molecular complexity index is 291. The number of likely N-dealkylation sites (N-methyl/N-ethyl adjacent to an activating group) is 1. The topological polar surface area (TPSA) is 81.7 Å². The van der Waals surface area contributed by atoms with Gasteiger partial charge in [0.15, 0.2) is 0 Å². The number of urea groups is 1. The number of aliphatic carboxylic acids is 1. The Morgan fingerprint density at radius 2 is 2.06 bits per heavy atom. The molecule has 1 fully saturated rings. The normalized spacial score (nSPS) is 21.8. The molecule has 0 spiro atoms. The van der Waals surface area contributed by atoms with Crippen molar-refractivity contribution in [2.45, 2.75) is 31.8 Å². The molecule has 1 rings (SSSR count). The molecule has 1 atom stereocenters. The van der Waals surface area contributed by atoms with E-state index in [0.29, 0.717) is 0 Å². The van der Waals surface area contributed by atoms with E-state index in [4.69, 9.17) is 5.11 Å². The molecule has 0 aromatic rings. The lowest BCUT2D eigenvalue weighted by atomic mass is 10.1. The highest BCUT2D eigenvalue weighted by Crippen LogP contribution is 2.06. The first-order valence-electron chi connectivity index (χ1n) is 5.32. The zero-order valence-corrected chi connectivity index (χ0v) is 9.91. The van der Waals surface area contributed by atoms with Crippen LogP contribution in [0.1, 0.15) is 20.3 Å². The predicted molar refractivity (Wildman–Crippen MR) is 59.3 cm³/mol. The van der Waals surface area contributed by atoms with E-state index in [1.165, 1.54) is 13.8 Å². The van der Waals surface area contributed by atoms with Crippen molar-refractivity contribution in [2.75, 3.05) is 20.1 Å². The number of hydrogen-bond donors (Lipinski definition) is 3. The monoisotopic (exact) mass is 229 g/mol. The molecule has 3 N–H and O–H groups in total. The summed E-state index contributed by atoms with van der Waals surface area (Å²) < 4.78 is 0. The van der Waals surface area contributed by atoms with Crippen LogP contribution in [0.25, 0.3) is 0 Å². The Morgan fingerprint density at radius 1 is 1.44 bits per heavy atom. The molecule has 1 aliphatic heterocycles. The summed E-state index contributed by atoms with van der Waals surface area (Å²) in [6.07, 6.45) is 0.900. The van der Waals surface area contributed by atoms with Crippen molar-refractivity contribution in [1.29, 1.82) is 0 Å². The maximum absolute atomic E-state index is 11.5. The summed E-state index contributed by atoms with van der Waals surface area (Å²) in [5.41, 5.74) is -1.24. The minimum atomic E-state index is -1.24. The maximum Gasteiger partial charge on any atom is 0.328 e. The van der Waals surface area contributed by atoms with Crippen LogP contribution >= 0.6 is 0 Å². The van der Waals surface area contributed by atoms with Gasteiger partial charge in [-0.2, -0.15) is 0 Å². The zero-order chi connectivity index (χ0) is 12.3. The van der Waals surface area contributed by atoms with Crippen LogP contribution in [0.2, 0.25) is 0 Å². The van der Waals surface area contributed by atoms with Gasteiger partial charge in [-0.15, -0.1) is 0 Å². The number of carbonyl (C=O) groups excluding carboxylic acids is 1. The second-order valence-electron chi connectivity index (χ2n) is 4.78. The van der Waals surface area contributed by atoms with Crippen molar-refractivity contribution in [3.63, 3.8) is 0 Å². The van der Waals surface area contributed by atoms with E-state index in [9.17, 15) is 9.59 Å². The molecule has 0 aromatic heterocycles. The van der Waals surface area contributed by atoms with Gasteiger partial charge in [-0.05, 0) is 33.9 Å². The van der Waals surface area contributed by atoms with Crippen LogP contribution in [-0.4, -0.2) is 53.7 Å². The highest BCUT2D eigenvalue weighted by molar-refractivity contribution is 5.85. The highest BCUT2D eigenvalue weighted by Gasteiger charge is 2.30. The van der Waals surface area contributed by atoms with E-state index in [0.717, 1.165) is 19.5 Å². The lowest BCUT2D eigenvalue weighted by Gasteiger charge is -2.22. The quantitative estimate of drug-likeness (QED) is 0.629. The molecule has 1 aliphatic rings. The molecule has 0 radical (unpaired) electrons. The number of rotatable bonds is 3. The van der Waals surface area contributed by atoms with Crippen LogP contribution in [0, 0.1) is 0 Å². The molecule has 92 valence electrons. The van der Waals surface area contributed by atoms with Crippen molar-refractivity contribution in [3.05, 3.63) is 0 Å². The van der Waals surface area contributed by atoms with Crippen LogP contribution in [0.4, 0.5) is 4.79 Å². The van der Waals surface area contributed by atoms with Gasteiger partial charge < -0.3 is 20.6 Å². The number of carbonyl (C=O) groups is 2. The molecule has 1 unspecified atom stereocenters. The van der Waals surface area contributed by atoms with E-state index >= 15 is 0 Å². The number of nitrogens with zero attached hydrogens (tertiary/aromatic N) is 1. The third-order valence-corrected chi connectivity index (χ3v) is 2.69. The molecular weight excluding hydrogens is 210 g/mol. The largest absolute Gasteiger partial charge is 0.480 e. The molecule has 2 amide bonds. The maximum atomic E-state index is 11.5. The van der Waals surface area contributed by atoms with Crippen LogP contribution in [-0.2, 0) is 4.79 Å². The highest BCUT2D eigenvalue weighted by atomic mass is 16.4. The SMILES string of the molecule is CN1CCC(NC(=O)NC(C)(C)C(=O)O)C1. The van der Waals surface area contributed by atoms with Crippen molar-refractivity contribution >= 4 is 12.0 Å². The smallest absolute Gasteiger partial charge is 0.328 e. The average molecular weight is 229 g/mol. The Morgan fingerprint density at radius 3 is 2.50 bits per heavy atom. The van der Waals surface area contributed by atoms with Crippen molar-refractivity contribution in [3.8, 4) is 0 Å². The Labute approximate surface area is 95.0 Å². The Hall–Kier alpha value is -1.30. The zero-order valence-electron chi connectivity index (χ0n) is 9.91. The van der Waals surface area contributed by atoms with Crippen LogP contribution in [0.3, 0.4) is 0 Å². The molecule has 16 heavy (non-hydrogen) atoms. The van der Waals surface area contributed by atoms with Crippen molar-refractivity contribution in [1.82, 2.24) is 15.5 Å². The molecule has 1 saturated heterocycles. The summed E-state index contributed by atoms with van der Waals surface area (Å²) in [5.74, 6) is -1.05. The van der Waals surface area contributed by atoms with E-state index in [1.807, 2.05) is 7.05 Å². The summed E-state index contributed by atoms with van der Waals surface area (Å²) in [6, 6.07) is -0.317. The number of likely N-dealkylation sites (tertiary alicyclic amines) is 1. The van der Waals surface area contributed by atoms with Gasteiger partial charge in [-0.3, -0.25) is 0 Å². The number of nitrogens with one attached hydrogen (secondary N) is 2. The van der Waals surface area contributed by atoms with Gasteiger partial charge in [0.2, 0.25) is 0 Å². The minimum absolute atomic E-state index is 0.106. The standard InChI is InChI=1S/C10H19N3O3/c1-10(2,8(14)15)12-9(16)11-7-4-5-13(3)6-7/h7H,4-6H2,1-3H3,(H,14,15)(H2,11,12,16). The number of hydrogen-bond acceptors (Lipinski definition) is 3. The first-order chi connectivity index (χ1) is 7.31. The lowest BCUT2D eigenvalue weighted by Crippen LogP contribution is -2.55. The average Bonchev–Trinajstić information content (AvgIpc) is 2.49. The molecule has 6 nitrogen and oxygen atoms in total. The van der Waals surface area contributed by atoms with Gasteiger partial charge in [0.1, 0.15) is 5.54 Å². The lowest BCUT2D eigenvalue weighted by molar-refractivity contribution is -0.142. The Kier molecular flexibility index (Phi) is 3.74. The predicted octanol–water partition coefficient (Wildman–Crippen LogP) is -0.147. The van der Waals surface area contributed by atoms with Gasteiger partial charge in [-0.25, -0.2) is 9.59 Å². The van der Waals surface area contributed by atoms with Gasteiger partial charge in [-0.1, -0.05) is 0 Å². The summed E-state index contributed by atoms with van der Waals surface area (Å²) in [6.45, 7) is 4.67. The van der Waals surface area contributed by atoms with Crippen LogP contribution in [0.15, 0.2) is 0 Å². The fraction of sp³-hybridized carbons (Fsp3) is 0.800. The number of carboxylic acid groups (broad SMARTS) is 1. The van der Waals surface area contributed by atoms with Gasteiger partial charge in [0.05, 0.1) is 0 Å². The first-order valence-corrected chi connectivity index (χ1v) is 5.32. The van der Waals surface area contributed by atoms with E-state index in [-0.39, 0.29) is 6.04 Å². The van der Waals surface area contributed by atoms with Crippen molar-refractivity contribution < 1.29 is 14.7 Å². The molecular formula is C10H19N3O3. The van der Waals surface area contributed by atoms with Gasteiger partial charge in [0, 0.05) is 12.6 Å². The third-order valence-electron chi connectivity index (χ3n) is 2.69. The second kappa shape index (κ2) is 4.69. The minimum Gasteiger partial charge on any atom is -0.480 e. The van der Waals surface area contributed by atoms with E-state index in [1.54, 1.807) is 0 Å². The van der Waals surface area contributed by atoms with Crippen LogP contribution in [0.5, 0.6) is 0 Å². The van der Waals surface area contributed by atoms with E-state index < -0.39 is 17.5 Å². The Balaban J connectivity index is 2.39. The number of carboxylic acids is 1. The molecule has 1 heterocycles. The van der Waals surface area contributed by atoms with E-state index in [2.05, 4.69) is 15.5 Å². The van der Waals surface area contributed by atoms with Crippen LogP contribution < -0.4 is 10.6 Å². The molecule has 0 saturated carbocycles. The second-order valence-corrected chi connectivity index (χ2v) is 4.78. The summed E-state index contributed by atoms with van der Waals surface area (Å²) in [7, 11) is 1.99. The fourth-order valence-electron chi connectivity index (χ4n) is 1.61.